The Morgan fingerprint density at radius 1 is 1.14 bits per heavy atom. The van der Waals surface area contributed by atoms with Crippen molar-refractivity contribution >= 4 is 23.8 Å². The fraction of sp³-hybridized carbons (Fsp3) is 0. The van der Waals surface area contributed by atoms with Gasteiger partial charge in [-0.05, 0) is 30.3 Å². The van der Waals surface area contributed by atoms with E-state index >= 15 is 0 Å². The van der Waals surface area contributed by atoms with Crippen LogP contribution in [0.25, 0.3) is 11.3 Å². The lowest BCUT2D eigenvalue weighted by atomic mass is 10.1. The normalized spacial score (nSPS) is 10.8. The van der Waals surface area contributed by atoms with Crippen LogP contribution in [0.15, 0.2) is 64.1 Å². The SMILES string of the molecule is O=C(O)c1cccc(-c2ccc(/C=N/NC(=O)c3cc([N+](=O)[O-])ccc3O)o2)c1. The standard InChI is InChI=1S/C19H13N3O7/c23-16-6-4-13(22(27)28)9-15(16)18(24)21-20-10-14-5-7-17(29-14)11-2-1-3-12(8-11)19(25)26/h1-10,23H,(H,21,24)(H,25,26)/b20-10+. The molecule has 3 N–H and O–H groups in total. The number of hydrogen-bond donors (Lipinski definition) is 3. The number of nitro groups is 1. The number of rotatable bonds is 6. The highest BCUT2D eigenvalue weighted by molar-refractivity contribution is 5.97. The van der Waals surface area contributed by atoms with Crippen LogP contribution in [0.2, 0.25) is 0 Å². The molecule has 0 saturated heterocycles. The van der Waals surface area contributed by atoms with Crippen molar-refractivity contribution < 1.29 is 29.1 Å². The van der Waals surface area contributed by atoms with Gasteiger partial charge in [0, 0.05) is 17.7 Å². The summed E-state index contributed by atoms with van der Waals surface area (Å²) in [7, 11) is 0. The molecule has 10 nitrogen and oxygen atoms in total. The van der Waals surface area contributed by atoms with Crippen LogP contribution in [0.3, 0.4) is 0 Å². The van der Waals surface area contributed by atoms with Gasteiger partial charge in [0.15, 0.2) is 0 Å². The van der Waals surface area contributed by atoms with Gasteiger partial charge in [0.25, 0.3) is 11.6 Å². The topological polar surface area (TPSA) is 155 Å². The van der Waals surface area contributed by atoms with Crippen molar-refractivity contribution in [2.75, 3.05) is 0 Å². The third-order valence-corrected chi connectivity index (χ3v) is 3.81. The summed E-state index contributed by atoms with van der Waals surface area (Å²) in [6, 6.07) is 12.4. The Labute approximate surface area is 162 Å². The minimum absolute atomic E-state index is 0.109. The summed E-state index contributed by atoms with van der Waals surface area (Å²) in [6.07, 6.45) is 1.19. The van der Waals surface area contributed by atoms with Gasteiger partial charge in [0.1, 0.15) is 17.3 Å². The smallest absolute Gasteiger partial charge is 0.335 e. The van der Waals surface area contributed by atoms with Crippen LogP contribution in [0.1, 0.15) is 26.5 Å². The second-order valence-corrected chi connectivity index (χ2v) is 5.75. The quantitative estimate of drug-likeness (QED) is 0.329. The first-order valence-corrected chi connectivity index (χ1v) is 8.09. The number of phenolic OH excluding ortho intramolecular Hbond substituents is 1. The molecule has 0 fully saturated rings. The average Bonchev–Trinajstić information content (AvgIpc) is 3.17. The van der Waals surface area contributed by atoms with E-state index in [4.69, 9.17) is 9.52 Å². The molecule has 1 heterocycles. The lowest BCUT2D eigenvalue weighted by Gasteiger charge is -2.02. The van der Waals surface area contributed by atoms with Crippen LogP contribution in [-0.2, 0) is 0 Å². The van der Waals surface area contributed by atoms with Gasteiger partial charge < -0.3 is 14.6 Å². The lowest BCUT2D eigenvalue weighted by Crippen LogP contribution is -2.17. The van der Waals surface area contributed by atoms with Gasteiger partial charge in [-0.1, -0.05) is 12.1 Å². The number of hydrazone groups is 1. The number of phenols is 1. The van der Waals surface area contributed by atoms with Crippen LogP contribution in [0.5, 0.6) is 5.75 Å². The fourth-order valence-corrected chi connectivity index (χ4v) is 2.42. The first kappa shape index (κ1) is 19.3. The summed E-state index contributed by atoms with van der Waals surface area (Å²) in [5, 5.41) is 33.2. The number of nitro benzene ring substituents is 1. The molecule has 0 aliphatic rings. The van der Waals surface area contributed by atoms with E-state index in [0.717, 1.165) is 18.2 Å². The number of nitrogens with zero attached hydrogens (tertiary/aromatic N) is 2. The Bertz CT molecular complexity index is 1130. The van der Waals surface area contributed by atoms with Gasteiger partial charge in [0.05, 0.1) is 22.3 Å². The molecule has 1 aromatic heterocycles. The van der Waals surface area contributed by atoms with E-state index in [0.29, 0.717) is 11.3 Å². The molecular weight excluding hydrogens is 382 g/mol. The summed E-state index contributed by atoms with van der Waals surface area (Å²) in [5.74, 6) is -1.67. The molecule has 0 unspecified atom stereocenters. The van der Waals surface area contributed by atoms with E-state index in [1.165, 1.54) is 18.3 Å². The van der Waals surface area contributed by atoms with E-state index in [1.54, 1.807) is 24.3 Å². The molecule has 0 atom stereocenters. The molecule has 0 radical (unpaired) electrons. The number of carbonyl (C=O) groups excluding carboxylic acids is 1. The minimum atomic E-state index is -1.06. The highest BCUT2D eigenvalue weighted by Gasteiger charge is 2.16. The highest BCUT2D eigenvalue weighted by atomic mass is 16.6. The van der Waals surface area contributed by atoms with E-state index in [2.05, 4.69) is 10.5 Å². The Morgan fingerprint density at radius 2 is 1.93 bits per heavy atom. The highest BCUT2D eigenvalue weighted by Crippen LogP contribution is 2.24. The molecule has 29 heavy (non-hydrogen) atoms. The molecule has 3 rings (SSSR count). The molecule has 0 spiro atoms. The van der Waals surface area contributed by atoms with Crippen molar-refractivity contribution in [3.63, 3.8) is 0 Å². The van der Waals surface area contributed by atoms with Gasteiger partial charge in [-0.25, -0.2) is 10.2 Å². The summed E-state index contributed by atoms with van der Waals surface area (Å²) in [6.45, 7) is 0. The Kier molecular flexibility index (Phi) is 5.35. The van der Waals surface area contributed by atoms with Crippen LogP contribution in [0, 0.1) is 10.1 Å². The molecule has 0 aliphatic heterocycles. The van der Waals surface area contributed by atoms with Gasteiger partial charge in [-0.15, -0.1) is 0 Å². The summed E-state index contributed by atoms with van der Waals surface area (Å²) >= 11 is 0. The zero-order valence-corrected chi connectivity index (χ0v) is 14.6. The fourth-order valence-electron chi connectivity index (χ4n) is 2.42. The number of amides is 1. The first-order valence-electron chi connectivity index (χ1n) is 8.09. The zero-order valence-electron chi connectivity index (χ0n) is 14.6. The number of furan rings is 1. The van der Waals surface area contributed by atoms with Gasteiger partial charge in [-0.2, -0.15) is 5.10 Å². The van der Waals surface area contributed by atoms with Crippen LogP contribution >= 0.6 is 0 Å². The summed E-state index contributed by atoms with van der Waals surface area (Å²) < 4.78 is 5.53. The van der Waals surface area contributed by atoms with Gasteiger partial charge >= 0.3 is 5.97 Å². The average molecular weight is 395 g/mol. The monoisotopic (exact) mass is 395 g/mol. The number of hydrogen-bond acceptors (Lipinski definition) is 7. The number of carboxylic acids is 1. The molecule has 10 heteroatoms. The number of aromatic hydroxyl groups is 1. The number of nitrogens with one attached hydrogen (secondary N) is 1. The second-order valence-electron chi connectivity index (χ2n) is 5.75. The summed E-state index contributed by atoms with van der Waals surface area (Å²) in [4.78, 5) is 33.2. The number of aromatic carboxylic acids is 1. The third kappa shape index (κ3) is 4.45. The lowest BCUT2D eigenvalue weighted by molar-refractivity contribution is -0.384. The van der Waals surface area contributed by atoms with Gasteiger partial charge in [0.2, 0.25) is 0 Å². The predicted molar refractivity (Wildman–Crippen MR) is 101 cm³/mol. The van der Waals surface area contributed by atoms with Gasteiger partial charge in [-0.3, -0.25) is 14.9 Å². The number of carbonyl (C=O) groups is 2. The minimum Gasteiger partial charge on any atom is -0.507 e. The van der Waals surface area contributed by atoms with E-state index in [9.17, 15) is 24.8 Å². The number of benzene rings is 2. The zero-order chi connectivity index (χ0) is 21.0. The Balaban J connectivity index is 1.71. The molecule has 0 bridgehead atoms. The second kappa shape index (κ2) is 8.05. The first-order chi connectivity index (χ1) is 13.8. The molecule has 0 aliphatic carbocycles. The summed E-state index contributed by atoms with van der Waals surface area (Å²) in [5.41, 5.74) is 2.14. The van der Waals surface area contributed by atoms with Crippen molar-refractivity contribution in [2.45, 2.75) is 0 Å². The van der Waals surface area contributed by atoms with Crippen molar-refractivity contribution in [2.24, 2.45) is 5.10 Å². The number of non-ortho nitro benzene ring substituents is 1. The molecule has 0 saturated carbocycles. The molecule has 2 aromatic carbocycles. The molecule has 146 valence electrons. The maximum Gasteiger partial charge on any atom is 0.335 e. The third-order valence-electron chi connectivity index (χ3n) is 3.81. The van der Waals surface area contributed by atoms with Crippen LogP contribution < -0.4 is 5.43 Å². The molecule has 1 amide bonds. The number of carboxylic acid groups (broad SMARTS) is 1. The maximum atomic E-state index is 12.1. The Morgan fingerprint density at radius 3 is 2.66 bits per heavy atom. The largest absolute Gasteiger partial charge is 0.507 e. The maximum absolute atomic E-state index is 12.1. The van der Waals surface area contributed by atoms with E-state index < -0.39 is 22.5 Å². The van der Waals surface area contributed by atoms with E-state index in [1.807, 2.05) is 0 Å². The van der Waals surface area contributed by atoms with Crippen LogP contribution in [-0.4, -0.2) is 33.2 Å². The Hall–Kier alpha value is -4.47. The van der Waals surface area contributed by atoms with Crippen molar-refractivity contribution in [1.29, 1.82) is 0 Å². The van der Waals surface area contributed by atoms with Crippen molar-refractivity contribution in [3.05, 3.63) is 81.6 Å². The van der Waals surface area contributed by atoms with Crippen LogP contribution in [0.4, 0.5) is 5.69 Å². The molecular formula is C19H13N3O7. The van der Waals surface area contributed by atoms with Crippen molar-refractivity contribution in [3.8, 4) is 17.1 Å². The van der Waals surface area contributed by atoms with E-state index in [-0.39, 0.29) is 22.6 Å². The molecule has 3 aromatic rings. The van der Waals surface area contributed by atoms with Crippen molar-refractivity contribution in [1.82, 2.24) is 5.43 Å². The predicted octanol–water partition coefficient (Wildman–Crippen LogP) is 3.02.